The molecule has 2 saturated heterocycles. The molecule has 0 amide bonds. The number of ether oxygens (including phenoxy) is 2. The number of sulfonamides is 1. The number of likely N-dealkylation sites (tertiary alicyclic amines) is 1. The van der Waals surface area contributed by atoms with Gasteiger partial charge in [0.05, 0.1) is 43.8 Å². The molecule has 0 aromatic carbocycles. The maximum absolute atomic E-state index is 13.1. The Labute approximate surface area is 166 Å². The lowest BCUT2D eigenvalue weighted by Crippen LogP contribution is -2.41. The van der Waals surface area contributed by atoms with Gasteiger partial charge >= 0.3 is 5.97 Å². The van der Waals surface area contributed by atoms with E-state index in [1.54, 1.807) is 18.5 Å². The van der Waals surface area contributed by atoms with E-state index in [1.165, 1.54) is 4.31 Å². The van der Waals surface area contributed by atoms with Crippen molar-refractivity contribution in [2.75, 3.05) is 46.0 Å². The number of carbonyl (C=O) groups excluding carboxylic acids is 1. The number of hydrogen-bond acceptors (Lipinski definition) is 7. The van der Waals surface area contributed by atoms with Crippen LogP contribution in [0, 0.1) is 19.8 Å². The van der Waals surface area contributed by atoms with Crippen LogP contribution in [0.3, 0.4) is 0 Å². The first-order chi connectivity index (χ1) is 13.3. The standard InChI is InChI=1S/C18H30N4O5S/c1-4-27-18(23)16-5-7-20(8-6-16)13-22-15(3)17(14(2)19-22)28(24,25)21-9-11-26-12-10-21/h16H,4-13H2,1-3H3. The van der Waals surface area contributed by atoms with E-state index < -0.39 is 10.0 Å². The second-order valence-corrected chi connectivity index (χ2v) is 9.18. The van der Waals surface area contributed by atoms with E-state index in [2.05, 4.69) is 10.00 Å². The number of piperidine rings is 1. The Bertz CT molecular complexity index is 793. The van der Waals surface area contributed by atoms with Gasteiger partial charge in [0.2, 0.25) is 10.0 Å². The normalized spacial score (nSPS) is 20.4. The van der Waals surface area contributed by atoms with Crippen molar-refractivity contribution >= 4 is 16.0 Å². The highest BCUT2D eigenvalue weighted by molar-refractivity contribution is 7.89. The molecule has 1 aromatic rings. The number of nitrogens with zero attached hydrogens (tertiary/aromatic N) is 4. The van der Waals surface area contributed by atoms with Crippen LogP contribution in [0.2, 0.25) is 0 Å². The predicted octanol–water partition coefficient (Wildman–Crippen LogP) is 0.753. The SMILES string of the molecule is CCOC(=O)C1CCN(Cn2nc(C)c(S(=O)(=O)N3CCOCC3)c2C)CC1. The van der Waals surface area contributed by atoms with Gasteiger partial charge in [-0.2, -0.15) is 9.40 Å². The van der Waals surface area contributed by atoms with Gasteiger partial charge in [-0.25, -0.2) is 8.42 Å². The zero-order valence-corrected chi connectivity index (χ0v) is 17.7. The summed E-state index contributed by atoms with van der Waals surface area (Å²) in [6.45, 7) is 9.37. The summed E-state index contributed by atoms with van der Waals surface area (Å²) in [6.07, 6.45) is 1.49. The molecule has 0 N–H and O–H groups in total. The third-order valence-corrected chi connectivity index (χ3v) is 7.58. The van der Waals surface area contributed by atoms with Gasteiger partial charge in [0.15, 0.2) is 0 Å². The zero-order valence-electron chi connectivity index (χ0n) is 16.9. The number of aromatic nitrogens is 2. The van der Waals surface area contributed by atoms with E-state index in [0.717, 1.165) is 25.9 Å². The van der Waals surface area contributed by atoms with Crippen LogP contribution in [0.1, 0.15) is 31.2 Å². The number of esters is 1. The van der Waals surface area contributed by atoms with E-state index in [-0.39, 0.29) is 11.9 Å². The van der Waals surface area contributed by atoms with Gasteiger partial charge in [0.25, 0.3) is 0 Å². The molecule has 3 heterocycles. The summed E-state index contributed by atoms with van der Waals surface area (Å²) >= 11 is 0. The van der Waals surface area contributed by atoms with Crippen molar-refractivity contribution in [2.24, 2.45) is 5.92 Å². The van der Waals surface area contributed by atoms with E-state index in [1.807, 2.05) is 6.92 Å². The summed E-state index contributed by atoms with van der Waals surface area (Å²) in [5.74, 6) is -0.166. The van der Waals surface area contributed by atoms with Crippen LogP contribution >= 0.6 is 0 Å². The molecule has 0 spiro atoms. The summed E-state index contributed by atoms with van der Waals surface area (Å²) in [4.78, 5) is 14.4. The number of rotatable bonds is 6. The Morgan fingerprint density at radius 2 is 1.82 bits per heavy atom. The van der Waals surface area contributed by atoms with Crippen molar-refractivity contribution in [1.82, 2.24) is 19.0 Å². The molecule has 9 nitrogen and oxygen atoms in total. The minimum atomic E-state index is -3.58. The number of carbonyl (C=O) groups is 1. The average molecular weight is 415 g/mol. The molecule has 0 unspecified atom stereocenters. The van der Waals surface area contributed by atoms with Crippen LogP contribution in [-0.2, 0) is 31.0 Å². The Morgan fingerprint density at radius 1 is 1.18 bits per heavy atom. The molecule has 0 radical (unpaired) electrons. The third-order valence-electron chi connectivity index (χ3n) is 5.42. The second kappa shape index (κ2) is 8.89. The molecule has 158 valence electrons. The van der Waals surface area contributed by atoms with Crippen molar-refractivity contribution < 1.29 is 22.7 Å². The molecule has 2 aliphatic rings. The summed E-state index contributed by atoms with van der Waals surface area (Å²) in [5, 5.41) is 4.50. The fourth-order valence-electron chi connectivity index (χ4n) is 3.87. The first-order valence-electron chi connectivity index (χ1n) is 9.85. The van der Waals surface area contributed by atoms with Crippen molar-refractivity contribution in [3.8, 4) is 0 Å². The summed E-state index contributed by atoms with van der Waals surface area (Å²) < 4.78 is 39.7. The lowest BCUT2D eigenvalue weighted by atomic mass is 9.97. The minimum Gasteiger partial charge on any atom is -0.466 e. The lowest BCUT2D eigenvalue weighted by molar-refractivity contribution is -0.149. The molecule has 28 heavy (non-hydrogen) atoms. The maximum atomic E-state index is 13.1. The van der Waals surface area contributed by atoms with Gasteiger partial charge in [-0.3, -0.25) is 14.4 Å². The Morgan fingerprint density at radius 3 is 2.43 bits per heavy atom. The lowest BCUT2D eigenvalue weighted by Gasteiger charge is -2.31. The number of aryl methyl sites for hydroxylation is 1. The topological polar surface area (TPSA) is 94.0 Å². The average Bonchev–Trinajstić information content (AvgIpc) is 2.97. The summed E-state index contributed by atoms with van der Waals surface area (Å²) in [7, 11) is -3.58. The van der Waals surface area contributed by atoms with Gasteiger partial charge < -0.3 is 9.47 Å². The van der Waals surface area contributed by atoms with Gasteiger partial charge in [0.1, 0.15) is 4.90 Å². The van der Waals surface area contributed by atoms with Gasteiger partial charge in [-0.05, 0) is 33.6 Å². The van der Waals surface area contributed by atoms with Crippen LogP contribution < -0.4 is 0 Å². The fraction of sp³-hybridized carbons (Fsp3) is 0.778. The van der Waals surface area contributed by atoms with Crippen LogP contribution in [0.15, 0.2) is 4.90 Å². The molecule has 0 aliphatic carbocycles. The molecule has 1 aromatic heterocycles. The minimum absolute atomic E-state index is 0.0473. The largest absolute Gasteiger partial charge is 0.466 e. The monoisotopic (exact) mass is 414 g/mol. The third kappa shape index (κ3) is 4.40. The number of hydrogen-bond donors (Lipinski definition) is 0. The molecule has 2 aliphatic heterocycles. The molecule has 10 heteroatoms. The highest BCUT2D eigenvalue weighted by atomic mass is 32.2. The zero-order chi connectivity index (χ0) is 20.3. The maximum Gasteiger partial charge on any atom is 0.309 e. The van der Waals surface area contributed by atoms with Crippen LogP contribution in [0.5, 0.6) is 0 Å². The molecule has 0 saturated carbocycles. The van der Waals surface area contributed by atoms with Crippen LogP contribution in [0.25, 0.3) is 0 Å². The Hall–Kier alpha value is -1.49. The quantitative estimate of drug-likeness (QED) is 0.634. The second-order valence-electron chi connectivity index (χ2n) is 7.30. The highest BCUT2D eigenvalue weighted by Crippen LogP contribution is 2.25. The van der Waals surface area contributed by atoms with Crippen LogP contribution in [-0.4, -0.2) is 79.4 Å². The van der Waals surface area contributed by atoms with Gasteiger partial charge in [-0.1, -0.05) is 0 Å². The first kappa shape index (κ1) is 21.2. The molecular weight excluding hydrogens is 384 g/mol. The molecule has 0 bridgehead atoms. The fourth-order valence-corrected chi connectivity index (χ4v) is 5.65. The first-order valence-corrected chi connectivity index (χ1v) is 11.3. The number of morpholine rings is 1. The van der Waals surface area contributed by atoms with Crippen molar-refractivity contribution in [3.05, 3.63) is 11.4 Å². The summed E-state index contributed by atoms with van der Waals surface area (Å²) in [6, 6.07) is 0. The van der Waals surface area contributed by atoms with E-state index in [0.29, 0.717) is 55.9 Å². The molecule has 3 rings (SSSR count). The molecular formula is C18H30N4O5S. The highest BCUT2D eigenvalue weighted by Gasteiger charge is 2.33. The van der Waals surface area contributed by atoms with E-state index in [9.17, 15) is 13.2 Å². The molecule has 2 fully saturated rings. The van der Waals surface area contributed by atoms with Gasteiger partial charge in [-0.15, -0.1) is 0 Å². The Balaban J connectivity index is 1.68. The van der Waals surface area contributed by atoms with Crippen molar-refractivity contribution in [2.45, 2.75) is 45.2 Å². The van der Waals surface area contributed by atoms with E-state index >= 15 is 0 Å². The molecule has 0 atom stereocenters. The van der Waals surface area contributed by atoms with Crippen molar-refractivity contribution in [1.29, 1.82) is 0 Å². The van der Waals surface area contributed by atoms with Crippen LogP contribution in [0.4, 0.5) is 0 Å². The van der Waals surface area contributed by atoms with Gasteiger partial charge in [0, 0.05) is 26.2 Å². The van der Waals surface area contributed by atoms with Crippen molar-refractivity contribution in [3.63, 3.8) is 0 Å². The smallest absolute Gasteiger partial charge is 0.309 e. The van der Waals surface area contributed by atoms with E-state index in [4.69, 9.17) is 9.47 Å². The summed E-state index contributed by atoms with van der Waals surface area (Å²) in [5.41, 5.74) is 1.17. The predicted molar refractivity (Wildman–Crippen MR) is 102 cm³/mol. The Kier molecular flexibility index (Phi) is 6.74.